The van der Waals surface area contributed by atoms with E-state index in [4.69, 9.17) is 5.11 Å². The summed E-state index contributed by atoms with van der Waals surface area (Å²) in [6, 6.07) is 4.03. The number of carbonyl (C=O) groups is 2. The standard InChI is InChI=1S/C12H17NO3S/c1-9-6-7-10(17-9)8-13-11(14)4-2-3-5-12(15)16/h6-7H,2-5,8H2,1H3,(H,13,14)(H,15,16). The molecular formula is C12H17NO3S. The molecule has 4 nitrogen and oxygen atoms in total. The highest BCUT2D eigenvalue weighted by Crippen LogP contribution is 2.14. The van der Waals surface area contributed by atoms with Crippen molar-refractivity contribution in [1.29, 1.82) is 0 Å². The van der Waals surface area contributed by atoms with E-state index in [2.05, 4.69) is 5.32 Å². The summed E-state index contributed by atoms with van der Waals surface area (Å²) in [7, 11) is 0. The zero-order chi connectivity index (χ0) is 12.7. The molecule has 94 valence electrons. The monoisotopic (exact) mass is 255 g/mol. The second-order valence-electron chi connectivity index (χ2n) is 3.89. The van der Waals surface area contributed by atoms with E-state index in [1.807, 2.05) is 19.1 Å². The number of hydrogen-bond acceptors (Lipinski definition) is 3. The van der Waals surface area contributed by atoms with Gasteiger partial charge in [0.15, 0.2) is 0 Å². The molecule has 0 aromatic carbocycles. The van der Waals surface area contributed by atoms with Gasteiger partial charge in [-0.15, -0.1) is 11.3 Å². The minimum atomic E-state index is -0.806. The molecule has 0 radical (unpaired) electrons. The lowest BCUT2D eigenvalue weighted by molar-refractivity contribution is -0.137. The van der Waals surface area contributed by atoms with Crippen LogP contribution in [0.1, 0.15) is 35.4 Å². The van der Waals surface area contributed by atoms with Gasteiger partial charge in [0.05, 0.1) is 6.54 Å². The fraction of sp³-hybridized carbons (Fsp3) is 0.500. The molecule has 0 unspecified atom stereocenters. The average molecular weight is 255 g/mol. The minimum Gasteiger partial charge on any atom is -0.481 e. The summed E-state index contributed by atoms with van der Waals surface area (Å²) in [6.45, 7) is 2.60. The van der Waals surface area contributed by atoms with Crippen molar-refractivity contribution in [3.8, 4) is 0 Å². The van der Waals surface area contributed by atoms with Crippen molar-refractivity contribution in [3.05, 3.63) is 21.9 Å². The average Bonchev–Trinajstić information content (AvgIpc) is 2.67. The number of amides is 1. The van der Waals surface area contributed by atoms with Gasteiger partial charge in [-0.1, -0.05) is 0 Å². The molecule has 0 atom stereocenters. The Bertz CT molecular complexity index is 387. The van der Waals surface area contributed by atoms with Crippen LogP contribution in [-0.2, 0) is 16.1 Å². The molecule has 1 rings (SSSR count). The fourth-order valence-corrected chi connectivity index (χ4v) is 2.25. The Labute approximate surface area is 105 Å². The molecule has 0 fully saturated rings. The third kappa shape index (κ3) is 6.06. The van der Waals surface area contributed by atoms with Crippen molar-refractivity contribution in [2.24, 2.45) is 0 Å². The first-order valence-corrected chi connectivity index (χ1v) is 6.43. The highest BCUT2D eigenvalue weighted by molar-refractivity contribution is 7.11. The topological polar surface area (TPSA) is 66.4 Å². The minimum absolute atomic E-state index is 0.0126. The van der Waals surface area contributed by atoms with Gasteiger partial charge < -0.3 is 10.4 Å². The lowest BCUT2D eigenvalue weighted by atomic mass is 10.2. The van der Waals surface area contributed by atoms with Crippen molar-refractivity contribution in [3.63, 3.8) is 0 Å². The van der Waals surface area contributed by atoms with Crippen LogP contribution in [0.4, 0.5) is 0 Å². The molecule has 0 spiro atoms. The van der Waals surface area contributed by atoms with Crippen molar-refractivity contribution in [2.75, 3.05) is 0 Å². The van der Waals surface area contributed by atoms with Gasteiger partial charge in [0.2, 0.25) is 5.91 Å². The molecule has 1 aromatic rings. The van der Waals surface area contributed by atoms with Gasteiger partial charge in [0.25, 0.3) is 0 Å². The Morgan fingerprint density at radius 2 is 2.00 bits per heavy atom. The number of carboxylic acids is 1. The van der Waals surface area contributed by atoms with Crippen LogP contribution in [0.3, 0.4) is 0 Å². The Hall–Kier alpha value is -1.36. The van der Waals surface area contributed by atoms with Crippen molar-refractivity contribution in [1.82, 2.24) is 5.32 Å². The van der Waals surface area contributed by atoms with E-state index in [-0.39, 0.29) is 12.3 Å². The van der Waals surface area contributed by atoms with Crippen LogP contribution in [0.5, 0.6) is 0 Å². The predicted octanol–water partition coefficient (Wildman–Crippen LogP) is 2.32. The van der Waals surface area contributed by atoms with Gasteiger partial charge in [-0.25, -0.2) is 0 Å². The lowest BCUT2D eigenvalue weighted by Crippen LogP contribution is -2.21. The van der Waals surface area contributed by atoms with Gasteiger partial charge in [-0.2, -0.15) is 0 Å². The van der Waals surface area contributed by atoms with E-state index in [0.717, 1.165) is 4.88 Å². The normalized spacial score (nSPS) is 10.2. The third-order valence-electron chi connectivity index (χ3n) is 2.30. The Morgan fingerprint density at radius 3 is 2.59 bits per heavy atom. The van der Waals surface area contributed by atoms with E-state index in [9.17, 15) is 9.59 Å². The molecule has 0 saturated heterocycles. The van der Waals surface area contributed by atoms with Crippen LogP contribution in [0.2, 0.25) is 0 Å². The molecule has 0 saturated carbocycles. The molecule has 0 aliphatic rings. The van der Waals surface area contributed by atoms with Gasteiger partial charge >= 0.3 is 5.97 Å². The lowest BCUT2D eigenvalue weighted by Gasteiger charge is -2.02. The SMILES string of the molecule is Cc1ccc(CNC(=O)CCCCC(=O)O)s1. The number of aryl methyl sites for hydroxylation is 1. The van der Waals surface area contributed by atoms with Gasteiger partial charge in [-0.05, 0) is 31.9 Å². The Balaban J connectivity index is 2.11. The molecule has 1 aromatic heterocycles. The molecular weight excluding hydrogens is 238 g/mol. The quantitative estimate of drug-likeness (QED) is 0.735. The molecule has 1 heterocycles. The van der Waals surface area contributed by atoms with E-state index in [1.165, 1.54) is 4.88 Å². The third-order valence-corrected chi connectivity index (χ3v) is 3.30. The summed E-state index contributed by atoms with van der Waals surface area (Å²) < 4.78 is 0. The number of hydrogen-bond donors (Lipinski definition) is 2. The maximum atomic E-state index is 11.4. The predicted molar refractivity (Wildman–Crippen MR) is 67.0 cm³/mol. The second-order valence-corrected chi connectivity index (χ2v) is 5.26. The van der Waals surface area contributed by atoms with Crippen LogP contribution in [0, 0.1) is 6.92 Å². The Kier molecular flexibility index (Phi) is 5.69. The van der Waals surface area contributed by atoms with Gasteiger partial charge in [0.1, 0.15) is 0 Å². The van der Waals surface area contributed by atoms with Crippen LogP contribution in [-0.4, -0.2) is 17.0 Å². The number of rotatable bonds is 7. The first-order chi connectivity index (χ1) is 8.08. The first kappa shape index (κ1) is 13.7. The van der Waals surface area contributed by atoms with E-state index in [0.29, 0.717) is 25.8 Å². The molecule has 17 heavy (non-hydrogen) atoms. The van der Waals surface area contributed by atoms with E-state index < -0.39 is 5.97 Å². The van der Waals surface area contributed by atoms with Crippen LogP contribution < -0.4 is 5.32 Å². The maximum Gasteiger partial charge on any atom is 0.303 e. The molecule has 0 aliphatic heterocycles. The number of thiophene rings is 1. The van der Waals surface area contributed by atoms with E-state index >= 15 is 0 Å². The number of carboxylic acid groups (broad SMARTS) is 1. The zero-order valence-electron chi connectivity index (χ0n) is 9.86. The first-order valence-electron chi connectivity index (χ1n) is 5.62. The highest BCUT2D eigenvalue weighted by Gasteiger charge is 2.03. The van der Waals surface area contributed by atoms with E-state index in [1.54, 1.807) is 11.3 Å². The summed E-state index contributed by atoms with van der Waals surface area (Å²) in [6.07, 6.45) is 1.72. The summed E-state index contributed by atoms with van der Waals surface area (Å²) in [5, 5.41) is 11.3. The smallest absolute Gasteiger partial charge is 0.303 e. The fourth-order valence-electron chi connectivity index (χ4n) is 1.42. The highest BCUT2D eigenvalue weighted by atomic mass is 32.1. The summed E-state index contributed by atoms with van der Waals surface area (Å²) >= 11 is 1.67. The van der Waals surface area contributed by atoms with Crippen molar-refractivity contribution < 1.29 is 14.7 Å². The van der Waals surface area contributed by atoms with Crippen molar-refractivity contribution in [2.45, 2.75) is 39.2 Å². The number of unbranched alkanes of at least 4 members (excludes halogenated alkanes) is 1. The summed E-state index contributed by atoms with van der Waals surface area (Å²) in [5.74, 6) is -0.819. The second kappa shape index (κ2) is 7.06. The summed E-state index contributed by atoms with van der Waals surface area (Å²) in [5.41, 5.74) is 0. The molecule has 1 amide bonds. The summed E-state index contributed by atoms with van der Waals surface area (Å²) in [4.78, 5) is 24.0. The molecule has 0 aliphatic carbocycles. The van der Waals surface area contributed by atoms with Crippen molar-refractivity contribution >= 4 is 23.2 Å². The van der Waals surface area contributed by atoms with Gasteiger partial charge in [-0.3, -0.25) is 9.59 Å². The van der Waals surface area contributed by atoms with Crippen LogP contribution >= 0.6 is 11.3 Å². The van der Waals surface area contributed by atoms with Crippen LogP contribution in [0.25, 0.3) is 0 Å². The Morgan fingerprint density at radius 1 is 1.29 bits per heavy atom. The molecule has 5 heteroatoms. The number of carbonyl (C=O) groups excluding carboxylic acids is 1. The molecule has 0 bridgehead atoms. The zero-order valence-corrected chi connectivity index (χ0v) is 10.7. The number of aliphatic carboxylic acids is 1. The number of nitrogens with one attached hydrogen (secondary N) is 1. The van der Waals surface area contributed by atoms with Crippen LogP contribution in [0.15, 0.2) is 12.1 Å². The van der Waals surface area contributed by atoms with Gasteiger partial charge in [0, 0.05) is 22.6 Å². The maximum absolute atomic E-state index is 11.4. The largest absolute Gasteiger partial charge is 0.481 e. The molecule has 2 N–H and O–H groups in total.